The largest absolute Gasteiger partial charge is 0.398 e. The Morgan fingerprint density at radius 1 is 1.47 bits per heavy atom. The average molecular weight is 257 g/mol. The lowest BCUT2D eigenvalue weighted by Gasteiger charge is -2.15. The number of halogens is 1. The first-order valence-corrected chi connectivity index (χ1v) is 6.38. The molecule has 4 heteroatoms. The van der Waals surface area contributed by atoms with E-state index in [2.05, 4.69) is 19.2 Å². The molecule has 1 aromatic carbocycles. The van der Waals surface area contributed by atoms with Gasteiger partial charge in [-0.2, -0.15) is 0 Å². The maximum absolute atomic E-state index is 9.98. The molecule has 0 radical (unpaired) electrons. The quantitative estimate of drug-likeness (QED) is 0.686. The highest BCUT2D eigenvalue weighted by Crippen LogP contribution is 2.24. The van der Waals surface area contributed by atoms with Gasteiger partial charge < -0.3 is 16.2 Å². The summed E-state index contributed by atoms with van der Waals surface area (Å²) in [4.78, 5) is 0. The summed E-state index contributed by atoms with van der Waals surface area (Å²) < 4.78 is 0. The number of nitrogens with one attached hydrogen (secondary N) is 1. The van der Waals surface area contributed by atoms with Crippen molar-refractivity contribution in [2.24, 2.45) is 0 Å². The molecule has 0 saturated heterocycles. The van der Waals surface area contributed by atoms with Crippen LogP contribution in [0.4, 0.5) is 5.69 Å². The summed E-state index contributed by atoms with van der Waals surface area (Å²) in [5.41, 5.74) is 7.03. The molecule has 0 aliphatic heterocycles. The number of aliphatic hydroxyl groups excluding tert-OH is 1. The molecule has 0 spiro atoms. The summed E-state index contributed by atoms with van der Waals surface area (Å²) >= 11 is 5.83. The van der Waals surface area contributed by atoms with Crippen molar-refractivity contribution in [3.63, 3.8) is 0 Å². The van der Waals surface area contributed by atoms with E-state index >= 15 is 0 Å². The maximum Gasteiger partial charge on any atom is 0.0802 e. The van der Waals surface area contributed by atoms with Gasteiger partial charge in [0, 0.05) is 6.04 Å². The molecule has 0 aliphatic carbocycles. The molecule has 96 valence electrons. The molecular formula is C13H21ClN2O. The fraction of sp³-hybridized carbons (Fsp3) is 0.538. The molecule has 2 atom stereocenters. The van der Waals surface area contributed by atoms with Gasteiger partial charge in [0.15, 0.2) is 0 Å². The predicted molar refractivity (Wildman–Crippen MR) is 73.2 cm³/mol. The SMILES string of the molecule is CCC(C)NCCC(O)c1ccc(Cl)c(N)c1. The highest BCUT2D eigenvalue weighted by molar-refractivity contribution is 6.33. The summed E-state index contributed by atoms with van der Waals surface area (Å²) in [6.07, 6.45) is 1.26. The number of hydrogen-bond acceptors (Lipinski definition) is 3. The molecular weight excluding hydrogens is 236 g/mol. The van der Waals surface area contributed by atoms with Gasteiger partial charge in [-0.3, -0.25) is 0 Å². The second kappa shape index (κ2) is 6.84. The van der Waals surface area contributed by atoms with E-state index in [9.17, 15) is 5.11 Å². The standard InChI is InChI=1S/C13H21ClN2O/c1-3-9(2)16-7-6-13(17)10-4-5-11(14)12(15)8-10/h4-5,8-9,13,16-17H,3,6-7,15H2,1-2H3. The van der Waals surface area contributed by atoms with Gasteiger partial charge in [0.2, 0.25) is 0 Å². The van der Waals surface area contributed by atoms with E-state index in [-0.39, 0.29) is 0 Å². The van der Waals surface area contributed by atoms with Crippen molar-refractivity contribution >= 4 is 17.3 Å². The van der Waals surface area contributed by atoms with Crippen LogP contribution >= 0.6 is 11.6 Å². The van der Waals surface area contributed by atoms with Crippen molar-refractivity contribution in [3.8, 4) is 0 Å². The molecule has 0 aliphatic rings. The molecule has 0 heterocycles. The van der Waals surface area contributed by atoms with Crippen LogP contribution in [0, 0.1) is 0 Å². The highest BCUT2D eigenvalue weighted by Gasteiger charge is 2.09. The number of nitrogens with two attached hydrogens (primary N) is 1. The first kappa shape index (κ1) is 14.3. The third-order valence-electron chi connectivity index (χ3n) is 2.93. The first-order chi connectivity index (χ1) is 8.04. The Labute approximate surface area is 108 Å². The van der Waals surface area contributed by atoms with Gasteiger partial charge in [-0.15, -0.1) is 0 Å². The number of hydrogen-bond donors (Lipinski definition) is 3. The number of aliphatic hydroxyl groups is 1. The molecule has 17 heavy (non-hydrogen) atoms. The van der Waals surface area contributed by atoms with E-state index in [0.29, 0.717) is 23.2 Å². The van der Waals surface area contributed by atoms with E-state index in [0.717, 1.165) is 18.5 Å². The minimum Gasteiger partial charge on any atom is -0.398 e. The van der Waals surface area contributed by atoms with Crippen LogP contribution in [0.1, 0.15) is 38.4 Å². The van der Waals surface area contributed by atoms with Crippen molar-refractivity contribution < 1.29 is 5.11 Å². The summed E-state index contributed by atoms with van der Waals surface area (Å²) in [7, 11) is 0. The lowest BCUT2D eigenvalue weighted by Crippen LogP contribution is -2.27. The fourth-order valence-electron chi connectivity index (χ4n) is 1.55. The Morgan fingerprint density at radius 2 is 2.18 bits per heavy atom. The van der Waals surface area contributed by atoms with Crippen molar-refractivity contribution in [2.75, 3.05) is 12.3 Å². The molecule has 0 fully saturated rings. The van der Waals surface area contributed by atoms with Crippen molar-refractivity contribution in [1.82, 2.24) is 5.32 Å². The zero-order valence-corrected chi connectivity index (χ0v) is 11.2. The molecule has 3 nitrogen and oxygen atoms in total. The zero-order valence-electron chi connectivity index (χ0n) is 10.4. The van der Waals surface area contributed by atoms with Crippen LogP contribution in [0.2, 0.25) is 5.02 Å². The summed E-state index contributed by atoms with van der Waals surface area (Å²) in [6, 6.07) is 5.75. The number of anilines is 1. The van der Waals surface area contributed by atoms with E-state index in [1.54, 1.807) is 12.1 Å². The Hall–Kier alpha value is -0.770. The van der Waals surface area contributed by atoms with E-state index < -0.39 is 6.10 Å². The predicted octanol–water partition coefficient (Wildman–Crippen LogP) is 2.73. The van der Waals surface area contributed by atoms with Crippen LogP contribution in [-0.2, 0) is 0 Å². The minimum absolute atomic E-state index is 0.484. The topological polar surface area (TPSA) is 58.3 Å². The van der Waals surface area contributed by atoms with Crippen LogP contribution in [0.5, 0.6) is 0 Å². The van der Waals surface area contributed by atoms with E-state index in [1.165, 1.54) is 0 Å². The summed E-state index contributed by atoms with van der Waals surface area (Å²) in [6.45, 7) is 5.05. The van der Waals surface area contributed by atoms with Crippen LogP contribution in [0.15, 0.2) is 18.2 Å². The van der Waals surface area contributed by atoms with Crippen LogP contribution < -0.4 is 11.1 Å². The average Bonchev–Trinajstić information content (AvgIpc) is 2.32. The van der Waals surface area contributed by atoms with E-state index in [4.69, 9.17) is 17.3 Å². The second-order valence-corrected chi connectivity index (χ2v) is 4.76. The van der Waals surface area contributed by atoms with Gasteiger partial charge >= 0.3 is 0 Å². The zero-order chi connectivity index (χ0) is 12.8. The van der Waals surface area contributed by atoms with Gasteiger partial charge in [0.05, 0.1) is 16.8 Å². The molecule has 1 rings (SSSR count). The fourth-order valence-corrected chi connectivity index (χ4v) is 1.66. The van der Waals surface area contributed by atoms with Gasteiger partial charge in [0.1, 0.15) is 0 Å². The van der Waals surface area contributed by atoms with Gasteiger partial charge in [-0.1, -0.05) is 24.6 Å². The van der Waals surface area contributed by atoms with Gasteiger partial charge in [0.25, 0.3) is 0 Å². The molecule has 0 amide bonds. The Morgan fingerprint density at radius 3 is 2.76 bits per heavy atom. The van der Waals surface area contributed by atoms with Crippen LogP contribution in [0.25, 0.3) is 0 Å². The Bertz CT molecular complexity index is 357. The van der Waals surface area contributed by atoms with E-state index in [1.807, 2.05) is 6.07 Å². The molecule has 0 aromatic heterocycles. The Balaban J connectivity index is 2.46. The molecule has 4 N–H and O–H groups in total. The number of nitrogen functional groups attached to an aromatic ring is 1. The smallest absolute Gasteiger partial charge is 0.0802 e. The van der Waals surface area contributed by atoms with Gasteiger partial charge in [-0.05, 0) is 44.0 Å². The summed E-state index contributed by atoms with van der Waals surface area (Å²) in [5.74, 6) is 0. The molecule has 2 unspecified atom stereocenters. The van der Waals surface area contributed by atoms with Crippen LogP contribution in [0.3, 0.4) is 0 Å². The number of rotatable bonds is 6. The van der Waals surface area contributed by atoms with Crippen molar-refractivity contribution in [3.05, 3.63) is 28.8 Å². The second-order valence-electron chi connectivity index (χ2n) is 4.35. The lowest BCUT2D eigenvalue weighted by atomic mass is 10.1. The normalized spacial score (nSPS) is 14.6. The highest BCUT2D eigenvalue weighted by atomic mass is 35.5. The Kier molecular flexibility index (Phi) is 5.75. The maximum atomic E-state index is 9.98. The summed E-state index contributed by atoms with van der Waals surface area (Å²) in [5, 5.41) is 13.9. The van der Waals surface area contributed by atoms with Crippen LogP contribution in [-0.4, -0.2) is 17.7 Å². The third-order valence-corrected chi connectivity index (χ3v) is 3.27. The molecule has 1 aromatic rings. The molecule has 0 saturated carbocycles. The first-order valence-electron chi connectivity index (χ1n) is 6.01. The lowest BCUT2D eigenvalue weighted by molar-refractivity contribution is 0.165. The monoisotopic (exact) mass is 256 g/mol. The third kappa shape index (κ3) is 4.54. The molecule has 0 bridgehead atoms. The number of benzene rings is 1. The van der Waals surface area contributed by atoms with Gasteiger partial charge in [-0.25, -0.2) is 0 Å². The van der Waals surface area contributed by atoms with Crippen molar-refractivity contribution in [2.45, 2.75) is 38.8 Å². The van der Waals surface area contributed by atoms with Crippen molar-refractivity contribution in [1.29, 1.82) is 0 Å². The minimum atomic E-state index is -0.494.